The van der Waals surface area contributed by atoms with E-state index in [0.29, 0.717) is 16.7 Å². The Labute approximate surface area is 91.6 Å². The first kappa shape index (κ1) is 10.2. The molecule has 0 saturated heterocycles. The average Bonchev–Trinajstić information content (AvgIpc) is 2.25. The molecule has 0 aliphatic heterocycles. The smallest absolute Gasteiger partial charge is 0.163 e. The Kier molecular flexibility index (Phi) is 2.49. The van der Waals surface area contributed by atoms with Crippen molar-refractivity contribution >= 4 is 22.5 Å². The van der Waals surface area contributed by atoms with Crippen molar-refractivity contribution in [3.8, 4) is 5.75 Å². The molecule has 0 saturated carbocycles. The Morgan fingerprint density at radius 3 is 2.80 bits per heavy atom. The fourth-order valence-electron chi connectivity index (χ4n) is 1.47. The van der Waals surface area contributed by atoms with Crippen LogP contribution < -0.4 is 4.74 Å². The number of aromatic nitrogens is 1. The predicted molar refractivity (Wildman–Crippen MR) is 58.0 cm³/mol. The van der Waals surface area contributed by atoms with E-state index in [1.54, 1.807) is 32.2 Å². The molecule has 4 heteroatoms. The summed E-state index contributed by atoms with van der Waals surface area (Å²) in [7, 11) is 1.54. The second-order valence-electron chi connectivity index (χ2n) is 3.18. The molecule has 0 radical (unpaired) electrons. The number of nitrogens with zero attached hydrogens (tertiary/aromatic N) is 1. The summed E-state index contributed by atoms with van der Waals surface area (Å²) in [5.74, 6) is 0.120. The molecular formula is C11H9ClFNO. The molecule has 0 amide bonds. The monoisotopic (exact) mass is 225 g/mol. The molecule has 2 aromatic rings. The molecule has 0 N–H and O–H groups in total. The van der Waals surface area contributed by atoms with Crippen LogP contribution in [0, 0.1) is 12.7 Å². The second kappa shape index (κ2) is 3.66. The van der Waals surface area contributed by atoms with Crippen LogP contribution in [0.25, 0.3) is 10.9 Å². The van der Waals surface area contributed by atoms with Gasteiger partial charge in [-0.2, -0.15) is 0 Å². The van der Waals surface area contributed by atoms with Crippen molar-refractivity contribution in [1.82, 2.24) is 4.98 Å². The van der Waals surface area contributed by atoms with Gasteiger partial charge in [-0.3, -0.25) is 0 Å². The van der Waals surface area contributed by atoms with Crippen molar-refractivity contribution in [2.45, 2.75) is 6.92 Å². The number of para-hydroxylation sites is 1. The first-order chi connectivity index (χ1) is 7.15. The van der Waals surface area contributed by atoms with E-state index in [0.717, 1.165) is 0 Å². The zero-order valence-corrected chi connectivity index (χ0v) is 9.10. The maximum Gasteiger partial charge on any atom is 0.163 e. The number of aryl methyl sites for hydroxylation is 1. The summed E-state index contributed by atoms with van der Waals surface area (Å²) in [5, 5.41) is 0.663. The Hall–Kier alpha value is -1.35. The highest BCUT2D eigenvalue weighted by atomic mass is 35.5. The number of halogens is 2. The average molecular weight is 226 g/mol. The van der Waals surface area contributed by atoms with E-state index in [9.17, 15) is 4.39 Å². The molecule has 2 rings (SSSR count). The summed E-state index contributed by atoms with van der Waals surface area (Å²) in [6.07, 6.45) is 0. The molecule has 0 unspecified atom stereocenters. The van der Waals surface area contributed by atoms with Crippen molar-refractivity contribution in [2.24, 2.45) is 0 Å². The number of ether oxygens (including phenoxy) is 1. The van der Waals surface area contributed by atoms with Crippen LogP contribution in [0.2, 0.25) is 5.02 Å². The lowest BCUT2D eigenvalue weighted by Gasteiger charge is -2.07. The highest BCUT2D eigenvalue weighted by Crippen LogP contribution is 2.31. The second-order valence-corrected chi connectivity index (χ2v) is 3.56. The van der Waals surface area contributed by atoms with E-state index < -0.39 is 5.82 Å². The molecule has 0 fully saturated rings. The van der Waals surface area contributed by atoms with Crippen LogP contribution in [-0.2, 0) is 0 Å². The Balaban J connectivity index is 2.91. The van der Waals surface area contributed by atoms with Gasteiger partial charge in [0.15, 0.2) is 5.82 Å². The summed E-state index contributed by atoms with van der Waals surface area (Å²) in [5.41, 5.74) is 0.862. The van der Waals surface area contributed by atoms with Crippen LogP contribution in [0.3, 0.4) is 0 Å². The molecule has 0 spiro atoms. The first-order valence-corrected chi connectivity index (χ1v) is 4.81. The Morgan fingerprint density at radius 1 is 1.40 bits per heavy atom. The molecule has 1 aromatic carbocycles. The van der Waals surface area contributed by atoms with Gasteiger partial charge in [0, 0.05) is 5.39 Å². The third kappa shape index (κ3) is 1.53. The van der Waals surface area contributed by atoms with E-state index in [2.05, 4.69) is 4.98 Å². The molecule has 1 aromatic heterocycles. The maximum absolute atomic E-state index is 13.5. The molecule has 0 aliphatic rings. The number of hydrogen-bond acceptors (Lipinski definition) is 2. The molecule has 0 atom stereocenters. The SMILES string of the molecule is COc1cccc2c(Cl)c(F)c(C)nc12. The minimum absolute atomic E-state index is 0.0939. The lowest BCUT2D eigenvalue weighted by Crippen LogP contribution is -1.94. The van der Waals surface area contributed by atoms with E-state index in [1.165, 1.54) is 0 Å². The van der Waals surface area contributed by atoms with Gasteiger partial charge in [0.1, 0.15) is 11.3 Å². The van der Waals surface area contributed by atoms with Crippen LogP contribution in [0.15, 0.2) is 18.2 Å². The maximum atomic E-state index is 13.5. The minimum atomic E-state index is -0.475. The summed E-state index contributed by atoms with van der Waals surface area (Å²) < 4.78 is 18.6. The highest BCUT2D eigenvalue weighted by molar-refractivity contribution is 6.35. The third-order valence-corrected chi connectivity index (χ3v) is 2.61. The van der Waals surface area contributed by atoms with Crippen molar-refractivity contribution in [3.63, 3.8) is 0 Å². The molecule has 2 nitrogen and oxygen atoms in total. The standard InChI is InChI=1S/C11H9ClFNO/c1-6-10(13)9(12)7-4-3-5-8(15-2)11(7)14-6/h3-5H,1-2H3. The minimum Gasteiger partial charge on any atom is -0.494 e. The van der Waals surface area contributed by atoms with Crippen molar-refractivity contribution in [1.29, 1.82) is 0 Å². The molecule has 0 bridgehead atoms. The Bertz CT molecular complexity index is 527. The van der Waals surface area contributed by atoms with Crippen LogP contribution in [0.4, 0.5) is 4.39 Å². The fraction of sp³-hybridized carbons (Fsp3) is 0.182. The molecular weight excluding hydrogens is 217 g/mol. The van der Waals surface area contributed by atoms with Gasteiger partial charge in [0.25, 0.3) is 0 Å². The van der Waals surface area contributed by atoms with Crippen LogP contribution >= 0.6 is 11.6 Å². The number of pyridine rings is 1. The summed E-state index contributed by atoms with van der Waals surface area (Å²) >= 11 is 5.89. The van der Waals surface area contributed by atoms with Gasteiger partial charge < -0.3 is 4.74 Å². The van der Waals surface area contributed by atoms with Gasteiger partial charge in [-0.15, -0.1) is 0 Å². The van der Waals surface area contributed by atoms with Crippen LogP contribution in [0.1, 0.15) is 5.69 Å². The van der Waals surface area contributed by atoms with Gasteiger partial charge in [0.05, 0.1) is 17.8 Å². The normalized spacial score (nSPS) is 10.7. The predicted octanol–water partition coefficient (Wildman–Crippen LogP) is 3.34. The largest absolute Gasteiger partial charge is 0.494 e. The lowest BCUT2D eigenvalue weighted by molar-refractivity contribution is 0.418. The quantitative estimate of drug-likeness (QED) is 0.743. The fourth-order valence-corrected chi connectivity index (χ4v) is 1.76. The zero-order valence-electron chi connectivity index (χ0n) is 8.34. The number of hydrogen-bond donors (Lipinski definition) is 0. The highest BCUT2D eigenvalue weighted by Gasteiger charge is 2.12. The molecule has 0 aliphatic carbocycles. The van der Waals surface area contributed by atoms with Gasteiger partial charge in [-0.05, 0) is 13.0 Å². The van der Waals surface area contributed by atoms with Crippen molar-refractivity contribution in [3.05, 3.63) is 34.7 Å². The van der Waals surface area contributed by atoms with Gasteiger partial charge >= 0.3 is 0 Å². The molecule has 1 heterocycles. The molecule has 78 valence electrons. The van der Waals surface area contributed by atoms with E-state index >= 15 is 0 Å². The van der Waals surface area contributed by atoms with Gasteiger partial charge in [-0.1, -0.05) is 23.7 Å². The molecule has 15 heavy (non-hydrogen) atoms. The van der Waals surface area contributed by atoms with Crippen molar-refractivity contribution in [2.75, 3.05) is 7.11 Å². The number of fused-ring (bicyclic) bond motifs is 1. The van der Waals surface area contributed by atoms with E-state index in [1.807, 2.05) is 0 Å². The topological polar surface area (TPSA) is 22.1 Å². The van der Waals surface area contributed by atoms with E-state index in [4.69, 9.17) is 16.3 Å². The van der Waals surface area contributed by atoms with Crippen LogP contribution in [-0.4, -0.2) is 12.1 Å². The van der Waals surface area contributed by atoms with Gasteiger partial charge in [0.2, 0.25) is 0 Å². The number of rotatable bonds is 1. The lowest BCUT2D eigenvalue weighted by atomic mass is 10.2. The first-order valence-electron chi connectivity index (χ1n) is 4.43. The van der Waals surface area contributed by atoms with Crippen LogP contribution in [0.5, 0.6) is 5.75 Å². The van der Waals surface area contributed by atoms with Crippen molar-refractivity contribution < 1.29 is 9.13 Å². The Morgan fingerprint density at radius 2 is 2.13 bits per heavy atom. The summed E-state index contributed by atoms with van der Waals surface area (Å²) in [6.45, 7) is 1.58. The summed E-state index contributed by atoms with van der Waals surface area (Å²) in [6, 6.07) is 5.24. The zero-order chi connectivity index (χ0) is 11.0. The number of methoxy groups -OCH3 is 1. The number of benzene rings is 1. The van der Waals surface area contributed by atoms with E-state index in [-0.39, 0.29) is 10.7 Å². The van der Waals surface area contributed by atoms with Gasteiger partial charge in [-0.25, -0.2) is 9.37 Å². The third-order valence-electron chi connectivity index (χ3n) is 2.25. The summed E-state index contributed by atoms with van der Waals surface area (Å²) in [4.78, 5) is 4.12.